The van der Waals surface area contributed by atoms with Gasteiger partial charge in [-0.1, -0.05) is 6.42 Å². The summed E-state index contributed by atoms with van der Waals surface area (Å²) in [7, 11) is 0. The number of rotatable bonds is 3. The number of nitrogens with one attached hydrogen (secondary N) is 1. The molecule has 1 aliphatic carbocycles. The van der Waals surface area contributed by atoms with Crippen LogP contribution in [0.2, 0.25) is 0 Å². The second-order valence-electron chi connectivity index (χ2n) is 5.36. The van der Waals surface area contributed by atoms with Crippen LogP contribution < -0.4 is 11.1 Å². The van der Waals surface area contributed by atoms with Crippen LogP contribution in [0.5, 0.6) is 0 Å². The molecule has 0 bridgehead atoms. The highest BCUT2D eigenvalue weighted by Crippen LogP contribution is 2.29. The molecule has 3 N–H and O–H groups in total. The molecule has 0 radical (unpaired) electrons. The highest BCUT2D eigenvalue weighted by Gasteiger charge is 2.26. The first kappa shape index (κ1) is 12.1. The average Bonchev–Trinajstić information content (AvgIpc) is 2.69. The molecular weight excluding hydrogens is 240 g/mol. The number of nitrogens with two attached hydrogens (primary N) is 1. The van der Waals surface area contributed by atoms with Gasteiger partial charge in [0.15, 0.2) is 5.76 Å². The summed E-state index contributed by atoms with van der Waals surface area (Å²) in [6, 6.07) is 7.32. The van der Waals surface area contributed by atoms with Crippen molar-refractivity contribution in [1.82, 2.24) is 5.32 Å². The Morgan fingerprint density at radius 3 is 2.89 bits per heavy atom. The van der Waals surface area contributed by atoms with E-state index in [4.69, 9.17) is 10.2 Å². The van der Waals surface area contributed by atoms with Crippen molar-refractivity contribution in [3.8, 4) is 0 Å². The first-order valence-electron chi connectivity index (χ1n) is 6.73. The quantitative estimate of drug-likeness (QED) is 0.832. The molecule has 0 aliphatic heterocycles. The Kier molecular flexibility index (Phi) is 2.93. The highest BCUT2D eigenvalue weighted by atomic mass is 16.3. The van der Waals surface area contributed by atoms with Gasteiger partial charge in [0.1, 0.15) is 5.58 Å². The minimum Gasteiger partial charge on any atom is -0.451 e. The van der Waals surface area contributed by atoms with E-state index in [2.05, 4.69) is 12.2 Å². The third-order valence-electron chi connectivity index (χ3n) is 3.98. The van der Waals surface area contributed by atoms with Gasteiger partial charge < -0.3 is 15.5 Å². The molecule has 100 valence electrons. The Labute approximate surface area is 112 Å². The van der Waals surface area contributed by atoms with Crippen molar-refractivity contribution in [1.29, 1.82) is 0 Å². The first-order chi connectivity index (χ1) is 9.13. The maximum absolute atomic E-state index is 12.1. The summed E-state index contributed by atoms with van der Waals surface area (Å²) in [5, 5.41) is 3.87. The van der Waals surface area contributed by atoms with Gasteiger partial charge in [0, 0.05) is 17.1 Å². The molecule has 1 fully saturated rings. The second-order valence-corrected chi connectivity index (χ2v) is 5.36. The lowest BCUT2D eigenvalue weighted by Crippen LogP contribution is -2.40. The van der Waals surface area contributed by atoms with Gasteiger partial charge in [-0.2, -0.15) is 0 Å². The number of anilines is 1. The maximum Gasteiger partial charge on any atom is 0.287 e. The van der Waals surface area contributed by atoms with Gasteiger partial charge in [-0.25, -0.2) is 0 Å². The van der Waals surface area contributed by atoms with E-state index < -0.39 is 0 Å². The Bertz CT molecular complexity index is 614. The number of nitrogen functional groups attached to an aromatic ring is 1. The van der Waals surface area contributed by atoms with Gasteiger partial charge >= 0.3 is 0 Å². The van der Waals surface area contributed by atoms with E-state index in [1.54, 1.807) is 18.2 Å². The molecule has 2 aromatic rings. The molecule has 1 aromatic carbocycles. The number of hydrogen-bond acceptors (Lipinski definition) is 3. The van der Waals surface area contributed by atoms with E-state index in [1.807, 2.05) is 6.07 Å². The van der Waals surface area contributed by atoms with E-state index in [1.165, 1.54) is 19.3 Å². The fourth-order valence-electron chi connectivity index (χ4n) is 2.51. The van der Waals surface area contributed by atoms with Crippen molar-refractivity contribution in [2.45, 2.75) is 32.2 Å². The molecule has 0 spiro atoms. The van der Waals surface area contributed by atoms with Crippen LogP contribution in [0.25, 0.3) is 11.0 Å². The van der Waals surface area contributed by atoms with E-state index in [-0.39, 0.29) is 11.9 Å². The van der Waals surface area contributed by atoms with Gasteiger partial charge in [0.25, 0.3) is 5.91 Å². The molecule has 1 heterocycles. The van der Waals surface area contributed by atoms with Crippen molar-refractivity contribution in [3.63, 3.8) is 0 Å². The summed E-state index contributed by atoms with van der Waals surface area (Å²) in [6.07, 6.45) is 3.69. The smallest absolute Gasteiger partial charge is 0.287 e. The van der Waals surface area contributed by atoms with Crippen LogP contribution in [0.1, 0.15) is 36.7 Å². The van der Waals surface area contributed by atoms with E-state index in [9.17, 15) is 4.79 Å². The molecule has 4 nitrogen and oxygen atoms in total. The molecule has 1 aromatic heterocycles. The molecule has 1 saturated carbocycles. The summed E-state index contributed by atoms with van der Waals surface area (Å²) in [5.41, 5.74) is 7.07. The highest BCUT2D eigenvalue weighted by molar-refractivity contribution is 5.96. The fraction of sp³-hybridized carbons (Fsp3) is 0.400. The number of carbonyl (C=O) groups excluding carboxylic acids is 1. The Balaban J connectivity index is 1.77. The Morgan fingerprint density at radius 1 is 1.42 bits per heavy atom. The lowest BCUT2D eigenvalue weighted by Gasteiger charge is -2.31. The molecule has 1 atom stereocenters. The van der Waals surface area contributed by atoms with Crippen molar-refractivity contribution < 1.29 is 9.21 Å². The van der Waals surface area contributed by atoms with Crippen LogP contribution in [-0.2, 0) is 0 Å². The monoisotopic (exact) mass is 258 g/mol. The van der Waals surface area contributed by atoms with Crippen molar-refractivity contribution in [2.75, 3.05) is 5.73 Å². The minimum atomic E-state index is -0.144. The lowest BCUT2D eigenvalue weighted by molar-refractivity contribution is 0.0883. The van der Waals surface area contributed by atoms with E-state index in [0.717, 1.165) is 5.39 Å². The normalized spacial score (nSPS) is 17.1. The van der Waals surface area contributed by atoms with E-state index >= 15 is 0 Å². The standard InChI is InChI=1S/C15H18N2O2/c1-9(10-3-2-4-10)17-15(18)14-8-11-7-12(16)5-6-13(11)19-14/h5-10H,2-4,16H2,1H3,(H,17,18). The van der Waals surface area contributed by atoms with Gasteiger partial charge in [0.05, 0.1) is 0 Å². The molecule has 19 heavy (non-hydrogen) atoms. The zero-order chi connectivity index (χ0) is 13.4. The predicted molar refractivity (Wildman–Crippen MR) is 74.9 cm³/mol. The van der Waals surface area contributed by atoms with Crippen molar-refractivity contribution >= 4 is 22.6 Å². The largest absolute Gasteiger partial charge is 0.451 e. The predicted octanol–water partition coefficient (Wildman–Crippen LogP) is 2.93. The number of carbonyl (C=O) groups is 1. The molecule has 4 heteroatoms. The maximum atomic E-state index is 12.1. The number of benzene rings is 1. The van der Waals surface area contributed by atoms with Crippen molar-refractivity contribution in [2.24, 2.45) is 5.92 Å². The zero-order valence-electron chi connectivity index (χ0n) is 11.0. The number of fused-ring (bicyclic) bond motifs is 1. The van der Waals surface area contributed by atoms with Crippen LogP contribution in [0.15, 0.2) is 28.7 Å². The third kappa shape index (κ3) is 2.30. The summed E-state index contributed by atoms with van der Waals surface area (Å²) in [4.78, 5) is 12.1. The average molecular weight is 258 g/mol. The summed E-state index contributed by atoms with van der Waals surface area (Å²) in [6.45, 7) is 2.06. The number of furan rings is 1. The summed E-state index contributed by atoms with van der Waals surface area (Å²) < 4.78 is 5.55. The number of amides is 1. The Morgan fingerprint density at radius 2 is 2.21 bits per heavy atom. The zero-order valence-corrected chi connectivity index (χ0v) is 11.0. The summed E-state index contributed by atoms with van der Waals surface area (Å²) >= 11 is 0. The van der Waals surface area contributed by atoms with Crippen LogP contribution in [0.3, 0.4) is 0 Å². The van der Waals surface area contributed by atoms with Crippen LogP contribution in [0, 0.1) is 5.92 Å². The Hall–Kier alpha value is -1.97. The molecule has 3 rings (SSSR count). The van der Waals surface area contributed by atoms with Gasteiger partial charge in [-0.05, 0) is 49.9 Å². The molecular formula is C15H18N2O2. The third-order valence-corrected chi connectivity index (χ3v) is 3.98. The van der Waals surface area contributed by atoms with Gasteiger partial charge in [0.2, 0.25) is 0 Å². The van der Waals surface area contributed by atoms with Gasteiger partial charge in [-0.15, -0.1) is 0 Å². The second kappa shape index (κ2) is 4.61. The van der Waals surface area contributed by atoms with Crippen molar-refractivity contribution in [3.05, 3.63) is 30.0 Å². The van der Waals surface area contributed by atoms with Gasteiger partial charge in [-0.3, -0.25) is 4.79 Å². The molecule has 1 aliphatic rings. The topological polar surface area (TPSA) is 68.3 Å². The minimum absolute atomic E-state index is 0.144. The molecule has 1 unspecified atom stereocenters. The SMILES string of the molecule is CC(NC(=O)c1cc2cc(N)ccc2o1)C1CCC1. The van der Waals surface area contributed by atoms with E-state index in [0.29, 0.717) is 22.9 Å². The molecule has 0 saturated heterocycles. The van der Waals surface area contributed by atoms with Crippen LogP contribution in [-0.4, -0.2) is 11.9 Å². The van der Waals surface area contributed by atoms with Crippen LogP contribution in [0.4, 0.5) is 5.69 Å². The fourth-order valence-corrected chi connectivity index (χ4v) is 2.51. The summed E-state index contributed by atoms with van der Waals surface area (Å²) in [5.74, 6) is 0.824. The number of hydrogen-bond donors (Lipinski definition) is 2. The molecule has 1 amide bonds. The van der Waals surface area contributed by atoms with Crippen LogP contribution >= 0.6 is 0 Å². The first-order valence-corrected chi connectivity index (χ1v) is 6.73. The lowest BCUT2D eigenvalue weighted by atomic mass is 9.80.